The average Bonchev–Trinajstić information content (AvgIpc) is 1.54. The highest BCUT2D eigenvalue weighted by Crippen LogP contribution is 2.52. The first-order valence-electron chi connectivity index (χ1n) is 35.7. The lowest BCUT2D eigenvalue weighted by molar-refractivity contribution is 1.18. The Kier molecular flexibility index (Phi) is 13.2. The van der Waals surface area contributed by atoms with Crippen LogP contribution in [0.2, 0.25) is 0 Å². The first kappa shape index (κ1) is 59.7. The van der Waals surface area contributed by atoms with E-state index in [1.807, 2.05) is 40.1 Å². The summed E-state index contributed by atoms with van der Waals surface area (Å²) in [5.74, 6) is 1.48. The number of aromatic nitrogens is 6. The first-order valence-corrected chi connectivity index (χ1v) is 38.9. The Bertz CT molecular complexity index is 7850. The van der Waals surface area contributed by atoms with Crippen molar-refractivity contribution in [3.05, 3.63) is 328 Å². The maximum absolute atomic E-state index is 5.32. The van der Waals surface area contributed by atoms with Gasteiger partial charge in [0.05, 0.1) is 48.4 Å². The van der Waals surface area contributed by atoms with Gasteiger partial charge in [-0.25, -0.2) is 19.9 Å². The van der Waals surface area contributed by atoms with Gasteiger partial charge in [-0.2, -0.15) is 0 Å². The fraction of sp³-hybridized carbons (Fsp3) is 0. The average molecular weight is 1420 g/mol. The minimum absolute atomic E-state index is 0.739. The number of benzene rings is 16. The van der Waals surface area contributed by atoms with Crippen molar-refractivity contribution in [3.63, 3.8) is 0 Å². The molecule has 0 N–H and O–H groups in total. The second-order valence-corrected chi connectivity index (χ2v) is 31.6. The molecule has 0 bridgehead atoms. The predicted octanol–water partition coefficient (Wildman–Crippen LogP) is 27.9. The van der Waals surface area contributed by atoms with E-state index < -0.39 is 0 Å². The highest BCUT2D eigenvalue weighted by atomic mass is 32.1. The number of nitrogens with zero attached hydrogens (tertiary/aromatic N) is 6. The largest absolute Gasteiger partial charge is 0.308 e. The molecular formula is C96H54N6S4. The van der Waals surface area contributed by atoms with Gasteiger partial charge in [-0.3, -0.25) is 0 Å². The molecule has 0 fully saturated rings. The summed E-state index contributed by atoms with van der Waals surface area (Å²) in [6, 6.07) is 118. The van der Waals surface area contributed by atoms with Crippen LogP contribution in [0.1, 0.15) is 0 Å². The number of fused-ring (bicyclic) bond motifs is 29. The molecule has 0 aliphatic heterocycles. The van der Waals surface area contributed by atoms with Crippen molar-refractivity contribution in [1.29, 1.82) is 0 Å². The zero-order chi connectivity index (χ0) is 69.2. The fourth-order valence-electron chi connectivity index (χ4n) is 17.0. The van der Waals surface area contributed by atoms with Crippen LogP contribution in [-0.4, -0.2) is 29.1 Å². The molecular weight excluding hydrogens is 1370 g/mol. The molecule has 16 aromatic carbocycles. The van der Waals surface area contributed by atoms with Crippen molar-refractivity contribution >= 4 is 213 Å². The molecule has 0 saturated heterocycles. The lowest BCUT2D eigenvalue weighted by Gasteiger charge is -2.13. The third-order valence-electron chi connectivity index (χ3n) is 21.6. The highest BCUT2D eigenvalue weighted by Gasteiger charge is 2.26. The van der Waals surface area contributed by atoms with E-state index in [0.717, 1.165) is 77.5 Å². The summed E-state index contributed by atoms with van der Waals surface area (Å²) < 4.78 is 14.0. The molecule has 8 heterocycles. The SMILES string of the molecule is c1ccc(-c2nc(-c3ccc4c(c3)sc3ccc(-n5c6ccccc6c6c7ccccc7c7c8ccccc8sc7c65)cc34)nc3c2ccc2ccccc23)cc1.c1ccc(-c2nc(-c3cccc(-n4c5ccccc5c5c6ccccc6c6c7ccccc7sc6c54)c3)c3c(n2)sc2ccccc23)cc1. The van der Waals surface area contributed by atoms with Crippen LogP contribution in [0.25, 0.3) is 224 Å². The quantitative estimate of drug-likeness (QED) is 0.156. The van der Waals surface area contributed by atoms with Gasteiger partial charge in [0, 0.05) is 133 Å². The third kappa shape index (κ3) is 8.93. The zero-order valence-corrected chi connectivity index (χ0v) is 59.8. The molecule has 24 aromatic rings. The summed E-state index contributed by atoms with van der Waals surface area (Å²) >= 11 is 7.37. The first-order chi connectivity index (χ1) is 52.6. The van der Waals surface area contributed by atoms with Crippen molar-refractivity contribution in [2.45, 2.75) is 0 Å². The Morgan fingerprint density at radius 3 is 1.33 bits per heavy atom. The summed E-state index contributed by atoms with van der Waals surface area (Å²) in [6.45, 7) is 0. The number of thiophene rings is 4. The van der Waals surface area contributed by atoms with Crippen LogP contribution in [0, 0.1) is 0 Å². The lowest BCUT2D eigenvalue weighted by atomic mass is 9.99. The third-order valence-corrected chi connectivity index (χ3v) is 26.1. The van der Waals surface area contributed by atoms with Crippen LogP contribution < -0.4 is 0 Å². The van der Waals surface area contributed by atoms with Gasteiger partial charge >= 0.3 is 0 Å². The van der Waals surface area contributed by atoms with E-state index in [9.17, 15) is 0 Å². The van der Waals surface area contributed by atoms with E-state index in [2.05, 4.69) is 331 Å². The van der Waals surface area contributed by atoms with Gasteiger partial charge in [0.25, 0.3) is 0 Å². The molecule has 0 radical (unpaired) electrons. The monoisotopic (exact) mass is 1420 g/mol. The Morgan fingerprint density at radius 1 is 0.226 bits per heavy atom. The Hall–Kier alpha value is -12.8. The molecule has 0 unspecified atom stereocenters. The summed E-state index contributed by atoms with van der Waals surface area (Å²) in [5, 5.41) is 23.8. The van der Waals surface area contributed by atoms with Gasteiger partial charge in [0.2, 0.25) is 0 Å². The van der Waals surface area contributed by atoms with Crippen LogP contribution in [0.5, 0.6) is 0 Å². The van der Waals surface area contributed by atoms with Crippen LogP contribution in [-0.2, 0) is 0 Å². The van der Waals surface area contributed by atoms with Crippen LogP contribution in [0.4, 0.5) is 0 Å². The molecule has 0 aliphatic carbocycles. The molecule has 0 saturated carbocycles. The Balaban J connectivity index is 0.000000130. The zero-order valence-electron chi connectivity index (χ0n) is 56.5. The van der Waals surface area contributed by atoms with Crippen LogP contribution in [0.3, 0.4) is 0 Å². The fourth-order valence-corrected chi connectivity index (χ4v) is 21.7. The molecule has 0 aliphatic rings. The highest BCUT2D eigenvalue weighted by molar-refractivity contribution is 7.28. The lowest BCUT2D eigenvalue weighted by Crippen LogP contribution is -1.97. The Labute approximate surface area is 621 Å². The van der Waals surface area contributed by atoms with E-state index >= 15 is 0 Å². The number of hydrogen-bond donors (Lipinski definition) is 0. The van der Waals surface area contributed by atoms with E-state index in [1.54, 1.807) is 11.3 Å². The molecule has 492 valence electrons. The molecule has 6 nitrogen and oxygen atoms in total. The van der Waals surface area contributed by atoms with Crippen LogP contribution >= 0.6 is 45.3 Å². The maximum Gasteiger partial charge on any atom is 0.161 e. The number of rotatable bonds is 6. The molecule has 8 aromatic heterocycles. The standard InChI is InChI=1S/C52H29N3S2.C44H25N3S2/c1-2-13-31(14-3-1)48-40-26-22-30-12-4-5-15-34(30)49(40)54-52(53-48)32-23-25-35-41-29-33(24-27-44(41)56-45(35)28-32)55-42-20-10-8-18-38(42)46-36-16-6-7-17-37(36)47-39-19-9-11-21-43(39)57-51(47)50(46)55;1-2-13-26(14-3-1)43-45-40(39-33-21-8-11-24-36(33)49-44(39)46-43)27-15-12-16-28(25-27)47-34-22-9-6-19-31(34)37-29-17-4-5-18-30(29)38-32-20-7-10-23-35(32)48-42(38)41(37)47/h1-29H;1-25H. The summed E-state index contributed by atoms with van der Waals surface area (Å²) in [5.41, 5.74) is 14.3. The summed E-state index contributed by atoms with van der Waals surface area (Å²) in [6.07, 6.45) is 0. The van der Waals surface area contributed by atoms with E-state index in [1.165, 1.54) is 147 Å². The minimum atomic E-state index is 0.739. The smallest absolute Gasteiger partial charge is 0.161 e. The second kappa shape index (κ2) is 23.4. The van der Waals surface area contributed by atoms with Crippen LogP contribution in [0.15, 0.2) is 328 Å². The molecule has 106 heavy (non-hydrogen) atoms. The second-order valence-electron chi connectivity index (χ2n) is 27.4. The normalized spacial score (nSPS) is 12.2. The maximum atomic E-state index is 5.32. The number of hydrogen-bond acceptors (Lipinski definition) is 8. The van der Waals surface area contributed by atoms with Gasteiger partial charge in [0.15, 0.2) is 11.6 Å². The number of para-hydroxylation sites is 2. The molecule has 0 spiro atoms. The van der Waals surface area contributed by atoms with E-state index in [0.29, 0.717) is 0 Å². The Morgan fingerprint density at radius 2 is 0.698 bits per heavy atom. The van der Waals surface area contributed by atoms with Gasteiger partial charge in [-0.1, -0.05) is 255 Å². The van der Waals surface area contributed by atoms with E-state index in [-0.39, 0.29) is 0 Å². The van der Waals surface area contributed by atoms with Gasteiger partial charge in [-0.15, -0.1) is 45.3 Å². The predicted molar refractivity (Wildman–Crippen MR) is 456 cm³/mol. The van der Waals surface area contributed by atoms with Gasteiger partial charge in [-0.05, 0) is 99.7 Å². The summed E-state index contributed by atoms with van der Waals surface area (Å²) in [4.78, 5) is 22.0. The van der Waals surface area contributed by atoms with Gasteiger partial charge in [0.1, 0.15) is 4.83 Å². The molecule has 10 heteroatoms. The van der Waals surface area contributed by atoms with Crippen molar-refractivity contribution in [2.24, 2.45) is 0 Å². The summed E-state index contributed by atoms with van der Waals surface area (Å²) in [7, 11) is 0. The van der Waals surface area contributed by atoms with Crippen molar-refractivity contribution < 1.29 is 0 Å². The van der Waals surface area contributed by atoms with Gasteiger partial charge < -0.3 is 9.13 Å². The van der Waals surface area contributed by atoms with Crippen molar-refractivity contribution in [2.75, 3.05) is 0 Å². The molecule has 0 amide bonds. The minimum Gasteiger partial charge on any atom is -0.308 e. The molecule has 0 atom stereocenters. The van der Waals surface area contributed by atoms with Crippen molar-refractivity contribution in [3.8, 4) is 56.7 Å². The van der Waals surface area contributed by atoms with E-state index in [4.69, 9.17) is 19.9 Å². The van der Waals surface area contributed by atoms with Crippen molar-refractivity contribution in [1.82, 2.24) is 29.1 Å². The topological polar surface area (TPSA) is 61.4 Å². The molecule has 24 rings (SSSR count).